The Morgan fingerprint density at radius 3 is 1.51 bits per heavy atom. The summed E-state index contributed by atoms with van der Waals surface area (Å²) in [6.07, 6.45) is 3.72. The predicted molar refractivity (Wildman–Crippen MR) is 235 cm³/mol. The van der Waals surface area contributed by atoms with E-state index >= 15 is 0 Å². The lowest BCUT2D eigenvalue weighted by Crippen LogP contribution is -2.42. The molecule has 6 rings (SSSR count). The number of nitrogens with two attached hydrogens (primary N) is 1. The van der Waals surface area contributed by atoms with E-state index in [2.05, 4.69) is 29.2 Å². The first-order chi connectivity index (χ1) is 31.6. The molecule has 4 aromatic rings. The molecule has 2 aliphatic heterocycles. The van der Waals surface area contributed by atoms with E-state index in [0.29, 0.717) is 39.3 Å². The van der Waals surface area contributed by atoms with E-state index < -0.39 is 53.4 Å². The maximum absolute atomic E-state index is 11.8. The van der Waals surface area contributed by atoms with Crippen molar-refractivity contribution in [3.63, 3.8) is 0 Å². The molecule has 3 heterocycles. The Hall–Kier alpha value is -8.56. The Morgan fingerprint density at radius 2 is 1.03 bits per heavy atom. The minimum absolute atomic E-state index is 0.161. The summed E-state index contributed by atoms with van der Waals surface area (Å²) in [6, 6.07) is 13.8. The second-order valence-electron chi connectivity index (χ2n) is 14.1. The lowest BCUT2D eigenvalue weighted by atomic mass is 10.1. The average Bonchev–Trinajstić information content (AvgIpc) is 3.28. The van der Waals surface area contributed by atoms with Crippen LogP contribution in [0, 0.1) is 0 Å². The van der Waals surface area contributed by atoms with Gasteiger partial charge in [-0.05, 0) is 30.3 Å². The van der Waals surface area contributed by atoms with Crippen molar-refractivity contribution in [2.75, 3.05) is 60.8 Å². The highest BCUT2D eigenvalue weighted by Crippen LogP contribution is 2.27. The van der Waals surface area contributed by atoms with Crippen molar-refractivity contribution >= 4 is 64.1 Å². The fourth-order valence-corrected chi connectivity index (χ4v) is 5.49. The van der Waals surface area contributed by atoms with Gasteiger partial charge in [0, 0.05) is 81.1 Å². The van der Waals surface area contributed by atoms with Gasteiger partial charge in [0.1, 0.15) is 40.2 Å². The van der Waals surface area contributed by atoms with Crippen molar-refractivity contribution in [1.29, 1.82) is 0 Å². The first kappa shape index (κ1) is 52.8. The standard InChI is InChI=1S/C16H17NO7.C12H11NO4.C9H11NO3.C8H10O5/c1-16(2)23-14(19)11(15(20)24-16)8-17-9-5-6-10(13(18)22-4)12(7-9)21-3;1-16-11-6-9-7(10(14)3-4-13-9)5-8(11)12(15)17-2;1-12-8-5-6(10)3-4-7(8)9(11)13-2;1-8(2)12-6(9)5(4-11-3)7(10)13-8/h5-8,17H,1-4H3;3-6H,1-2H3,(H,13,14);3-5H,10H2,1-2H3;4H,1-3H3. The molecule has 0 atom stereocenters. The van der Waals surface area contributed by atoms with Crippen LogP contribution in [0.15, 0.2) is 89.2 Å². The molecular weight excluding hydrogens is 886 g/mol. The fourth-order valence-electron chi connectivity index (χ4n) is 5.49. The number of nitrogen functional groups attached to an aromatic ring is 1. The molecule has 0 amide bonds. The number of cyclic esters (lactones) is 4. The molecule has 0 saturated carbocycles. The van der Waals surface area contributed by atoms with Crippen LogP contribution in [-0.4, -0.2) is 108 Å². The summed E-state index contributed by atoms with van der Waals surface area (Å²) in [5, 5.41) is 3.19. The molecule has 2 fully saturated rings. The fraction of sp³-hybridized carbons (Fsp3) is 0.289. The van der Waals surface area contributed by atoms with E-state index in [1.807, 2.05) is 0 Å². The van der Waals surface area contributed by atoms with Gasteiger partial charge in [-0.15, -0.1) is 0 Å². The smallest absolute Gasteiger partial charge is 0.352 e. The second kappa shape index (κ2) is 23.4. The number of esters is 7. The quantitative estimate of drug-likeness (QED) is 0.0525. The van der Waals surface area contributed by atoms with Crippen LogP contribution in [0.5, 0.6) is 17.2 Å². The second-order valence-corrected chi connectivity index (χ2v) is 14.1. The maximum atomic E-state index is 11.8. The average molecular weight is 936 g/mol. The molecule has 22 heteroatoms. The number of H-pyrrole nitrogens is 1. The van der Waals surface area contributed by atoms with Crippen LogP contribution < -0.4 is 30.7 Å². The van der Waals surface area contributed by atoms with Gasteiger partial charge >= 0.3 is 41.8 Å². The number of anilines is 2. The number of hydrogen-bond acceptors (Lipinski definition) is 21. The lowest BCUT2D eigenvalue weighted by Gasteiger charge is -2.29. The monoisotopic (exact) mass is 935 g/mol. The number of carbonyl (C=O) groups is 7. The van der Waals surface area contributed by atoms with Gasteiger partial charge in [-0.3, -0.25) is 4.79 Å². The number of carbonyl (C=O) groups excluding carboxylic acids is 7. The zero-order valence-corrected chi connectivity index (χ0v) is 38.3. The van der Waals surface area contributed by atoms with Gasteiger partial charge in [0.05, 0.1) is 55.3 Å². The molecule has 3 aromatic carbocycles. The maximum Gasteiger partial charge on any atom is 0.352 e. The number of fused-ring (bicyclic) bond motifs is 1. The molecule has 0 aliphatic carbocycles. The first-order valence-electron chi connectivity index (χ1n) is 19.3. The predicted octanol–water partition coefficient (Wildman–Crippen LogP) is 4.35. The molecule has 2 aliphatic rings. The molecule has 0 radical (unpaired) electrons. The minimum Gasteiger partial charge on any atom is -0.503 e. The molecule has 2 saturated heterocycles. The number of benzene rings is 3. The third-order valence-electron chi connectivity index (χ3n) is 8.57. The van der Waals surface area contributed by atoms with Crippen LogP contribution in [0.25, 0.3) is 10.9 Å². The SMILES string of the molecule is COC(=O)c1cc2c(=O)cc[nH]c2cc1OC.COC(=O)c1ccc(N)cc1OC.COC(=O)c1ccc(NC=C2C(=O)OC(C)(C)OC2=O)cc1OC.COC=C1C(=O)OC(C)(C)OC1=O. The number of hydrogen-bond donors (Lipinski definition) is 3. The topological polar surface area (TPSA) is 292 Å². The van der Waals surface area contributed by atoms with Crippen LogP contribution in [0.1, 0.15) is 58.8 Å². The number of methoxy groups -OCH3 is 7. The van der Waals surface area contributed by atoms with Crippen LogP contribution in [-0.2, 0) is 57.1 Å². The van der Waals surface area contributed by atoms with Crippen LogP contribution >= 0.6 is 0 Å². The normalized spacial score (nSPS) is 14.1. The van der Waals surface area contributed by atoms with Crippen molar-refractivity contribution < 1.29 is 85.7 Å². The number of nitrogens with one attached hydrogen (secondary N) is 2. The molecule has 1 aromatic heterocycles. The highest BCUT2D eigenvalue weighted by Gasteiger charge is 2.40. The van der Waals surface area contributed by atoms with Crippen molar-refractivity contribution in [1.82, 2.24) is 4.98 Å². The molecule has 358 valence electrons. The minimum atomic E-state index is -1.29. The van der Waals surface area contributed by atoms with Crippen LogP contribution in [0.2, 0.25) is 0 Å². The van der Waals surface area contributed by atoms with E-state index in [9.17, 15) is 38.4 Å². The Morgan fingerprint density at radius 1 is 0.582 bits per heavy atom. The summed E-state index contributed by atoms with van der Waals surface area (Å²) in [5.74, 6) is -5.98. The molecule has 4 N–H and O–H groups in total. The van der Waals surface area contributed by atoms with Crippen molar-refractivity contribution in [3.8, 4) is 17.2 Å². The Balaban J connectivity index is 0.000000245. The van der Waals surface area contributed by atoms with E-state index in [-0.39, 0.29) is 33.5 Å². The number of aromatic amines is 1. The van der Waals surface area contributed by atoms with E-state index in [1.54, 1.807) is 36.5 Å². The molecule has 0 spiro atoms. The van der Waals surface area contributed by atoms with Crippen LogP contribution in [0.3, 0.4) is 0 Å². The first-order valence-corrected chi connectivity index (χ1v) is 19.3. The lowest BCUT2D eigenvalue weighted by molar-refractivity contribution is -0.224. The third kappa shape index (κ3) is 14.2. The summed E-state index contributed by atoms with van der Waals surface area (Å²) < 4.78 is 53.1. The largest absolute Gasteiger partial charge is 0.503 e. The van der Waals surface area contributed by atoms with Gasteiger partial charge in [-0.25, -0.2) is 33.6 Å². The van der Waals surface area contributed by atoms with E-state index in [4.69, 9.17) is 38.9 Å². The number of aromatic nitrogens is 1. The molecule has 0 unspecified atom stereocenters. The molecule has 22 nitrogen and oxygen atoms in total. The summed E-state index contributed by atoms with van der Waals surface area (Å²) >= 11 is 0. The summed E-state index contributed by atoms with van der Waals surface area (Å²) in [4.78, 5) is 94.8. The molecular formula is C45H49N3O19. The Labute approximate surface area is 382 Å². The third-order valence-corrected chi connectivity index (χ3v) is 8.57. The van der Waals surface area contributed by atoms with Gasteiger partial charge < -0.3 is 68.1 Å². The summed E-state index contributed by atoms with van der Waals surface area (Å²) in [5.41, 5.74) is 7.34. The molecule has 0 bridgehead atoms. The van der Waals surface area contributed by atoms with Gasteiger partial charge in [0.2, 0.25) is 0 Å². The zero-order valence-electron chi connectivity index (χ0n) is 38.3. The molecule has 67 heavy (non-hydrogen) atoms. The van der Waals surface area contributed by atoms with E-state index in [1.165, 1.54) is 108 Å². The van der Waals surface area contributed by atoms with Crippen molar-refractivity contribution in [2.24, 2.45) is 0 Å². The van der Waals surface area contributed by atoms with Crippen molar-refractivity contribution in [3.05, 3.63) is 111 Å². The summed E-state index contributed by atoms with van der Waals surface area (Å²) in [7, 11) is 9.52. The van der Waals surface area contributed by atoms with Crippen LogP contribution in [0.4, 0.5) is 11.4 Å². The van der Waals surface area contributed by atoms with E-state index in [0.717, 1.165) is 6.26 Å². The van der Waals surface area contributed by atoms with Gasteiger partial charge in [-0.2, -0.15) is 0 Å². The Kier molecular flexibility index (Phi) is 18.4. The van der Waals surface area contributed by atoms with Gasteiger partial charge in [0.25, 0.3) is 11.6 Å². The number of ether oxygens (including phenoxy) is 11. The zero-order chi connectivity index (χ0) is 50.2. The van der Waals surface area contributed by atoms with Gasteiger partial charge in [-0.1, -0.05) is 0 Å². The van der Waals surface area contributed by atoms with Crippen molar-refractivity contribution in [2.45, 2.75) is 39.3 Å². The highest BCUT2D eigenvalue weighted by atomic mass is 16.8. The highest BCUT2D eigenvalue weighted by molar-refractivity contribution is 6.16. The number of rotatable bonds is 9. The summed E-state index contributed by atoms with van der Waals surface area (Å²) in [6.45, 7) is 5.88. The van der Waals surface area contributed by atoms with Gasteiger partial charge in [0.15, 0.2) is 16.6 Å². The number of pyridine rings is 1. The Bertz CT molecular complexity index is 2600.